The summed E-state index contributed by atoms with van der Waals surface area (Å²) < 4.78 is 38.5. The molecule has 20 heavy (non-hydrogen) atoms. The SMILES string of the molecule is CCc1nc(CNc2cc(Br)cc(C(F)(F)F)c2)cs1. The minimum absolute atomic E-state index is 0.391. The lowest BCUT2D eigenvalue weighted by Gasteiger charge is -2.11. The van der Waals surface area contributed by atoms with Crippen molar-refractivity contribution < 1.29 is 13.2 Å². The number of nitrogens with zero attached hydrogens (tertiary/aromatic N) is 1. The Hall–Kier alpha value is -1.08. The first-order valence-corrected chi connectivity index (χ1v) is 7.60. The van der Waals surface area contributed by atoms with Gasteiger partial charge in [-0.1, -0.05) is 22.9 Å². The maximum absolute atomic E-state index is 12.7. The van der Waals surface area contributed by atoms with Gasteiger partial charge in [-0.05, 0) is 24.6 Å². The summed E-state index contributed by atoms with van der Waals surface area (Å²) in [5, 5.41) is 5.90. The van der Waals surface area contributed by atoms with Gasteiger partial charge in [0.05, 0.1) is 22.8 Å². The van der Waals surface area contributed by atoms with E-state index in [1.807, 2.05) is 12.3 Å². The Balaban J connectivity index is 2.11. The van der Waals surface area contributed by atoms with Gasteiger partial charge < -0.3 is 5.32 Å². The molecule has 2 aromatic rings. The second-order valence-electron chi connectivity index (χ2n) is 4.17. The molecule has 1 N–H and O–H groups in total. The van der Waals surface area contributed by atoms with Crippen LogP contribution in [-0.2, 0) is 19.1 Å². The molecule has 1 heterocycles. The molecule has 1 aromatic heterocycles. The highest BCUT2D eigenvalue weighted by Crippen LogP contribution is 2.33. The van der Waals surface area contributed by atoms with Crippen molar-refractivity contribution >= 4 is 33.0 Å². The highest BCUT2D eigenvalue weighted by Gasteiger charge is 2.31. The van der Waals surface area contributed by atoms with Gasteiger partial charge in [-0.25, -0.2) is 4.98 Å². The van der Waals surface area contributed by atoms with Gasteiger partial charge in [-0.3, -0.25) is 0 Å². The number of benzene rings is 1. The van der Waals surface area contributed by atoms with Gasteiger partial charge in [0.15, 0.2) is 0 Å². The Morgan fingerprint density at radius 3 is 2.65 bits per heavy atom. The molecule has 7 heteroatoms. The molecule has 0 aliphatic heterocycles. The average Bonchev–Trinajstić information content (AvgIpc) is 2.82. The van der Waals surface area contributed by atoms with E-state index in [4.69, 9.17) is 0 Å². The van der Waals surface area contributed by atoms with Crippen molar-refractivity contribution in [2.24, 2.45) is 0 Å². The molecule has 0 saturated carbocycles. The van der Waals surface area contributed by atoms with Crippen LogP contribution in [0.4, 0.5) is 18.9 Å². The third-order valence-corrected chi connectivity index (χ3v) is 4.10. The van der Waals surface area contributed by atoms with E-state index in [-0.39, 0.29) is 0 Å². The number of rotatable bonds is 4. The van der Waals surface area contributed by atoms with Crippen LogP contribution in [0.25, 0.3) is 0 Å². The van der Waals surface area contributed by atoms with Gasteiger partial charge >= 0.3 is 6.18 Å². The molecular formula is C13H12BrF3N2S. The summed E-state index contributed by atoms with van der Waals surface area (Å²) in [5.74, 6) is 0. The fraction of sp³-hybridized carbons (Fsp3) is 0.308. The first-order valence-electron chi connectivity index (χ1n) is 5.93. The van der Waals surface area contributed by atoms with E-state index in [2.05, 4.69) is 26.2 Å². The zero-order chi connectivity index (χ0) is 14.8. The lowest BCUT2D eigenvalue weighted by atomic mass is 10.2. The van der Waals surface area contributed by atoms with Crippen molar-refractivity contribution in [1.82, 2.24) is 4.98 Å². The van der Waals surface area contributed by atoms with Crippen LogP contribution in [0, 0.1) is 0 Å². The quantitative estimate of drug-likeness (QED) is 0.816. The standard InChI is InChI=1S/C13H12BrF3N2S/c1-2-12-19-11(7-20-12)6-18-10-4-8(13(15,16)17)3-9(14)5-10/h3-5,7,18H,2,6H2,1H3. The van der Waals surface area contributed by atoms with Crippen molar-refractivity contribution in [3.05, 3.63) is 44.3 Å². The highest BCUT2D eigenvalue weighted by atomic mass is 79.9. The molecule has 0 bridgehead atoms. The van der Waals surface area contributed by atoms with E-state index in [0.717, 1.165) is 29.3 Å². The number of thiazole rings is 1. The topological polar surface area (TPSA) is 24.9 Å². The van der Waals surface area contributed by atoms with E-state index in [1.165, 1.54) is 0 Å². The molecular weight excluding hydrogens is 353 g/mol. The largest absolute Gasteiger partial charge is 0.416 e. The summed E-state index contributed by atoms with van der Waals surface area (Å²) in [7, 11) is 0. The van der Waals surface area contributed by atoms with Crippen LogP contribution < -0.4 is 5.32 Å². The summed E-state index contributed by atoms with van der Waals surface area (Å²) in [6, 6.07) is 3.77. The lowest BCUT2D eigenvalue weighted by Crippen LogP contribution is -2.07. The predicted octanol–water partition coefficient (Wildman–Crippen LogP) is 5.10. The molecule has 0 radical (unpaired) electrons. The number of anilines is 1. The summed E-state index contributed by atoms with van der Waals surface area (Å²) in [5.41, 5.74) is 0.569. The maximum atomic E-state index is 12.7. The Morgan fingerprint density at radius 1 is 1.30 bits per heavy atom. The third-order valence-electron chi connectivity index (χ3n) is 2.60. The average molecular weight is 365 g/mol. The molecule has 108 valence electrons. The fourth-order valence-electron chi connectivity index (χ4n) is 1.64. The molecule has 0 unspecified atom stereocenters. The van der Waals surface area contributed by atoms with E-state index < -0.39 is 11.7 Å². The van der Waals surface area contributed by atoms with Gasteiger partial charge in [-0.15, -0.1) is 11.3 Å². The number of aromatic nitrogens is 1. The smallest absolute Gasteiger partial charge is 0.379 e. The maximum Gasteiger partial charge on any atom is 0.416 e. The van der Waals surface area contributed by atoms with Crippen molar-refractivity contribution in [3.63, 3.8) is 0 Å². The summed E-state index contributed by atoms with van der Waals surface area (Å²) in [6.45, 7) is 2.42. The number of hydrogen-bond donors (Lipinski definition) is 1. The summed E-state index contributed by atoms with van der Waals surface area (Å²) in [6.07, 6.45) is -3.49. The molecule has 1 aromatic carbocycles. The Bertz CT molecular complexity index is 596. The van der Waals surface area contributed by atoms with Crippen LogP contribution in [-0.4, -0.2) is 4.98 Å². The number of aryl methyl sites for hydroxylation is 1. The van der Waals surface area contributed by atoms with E-state index in [1.54, 1.807) is 17.4 Å². The zero-order valence-electron chi connectivity index (χ0n) is 10.6. The molecule has 0 fully saturated rings. The van der Waals surface area contributed by atoms with Crippen molar-refractivity contribution in [1.29, 1.82) is 0 Å². The molecule has 0 amide bonds. The monoisotopic (exact) mass is 364 g/mol. The molecule has 2 rings (SSSR count). The molecule has 2 nitrogen and oxygen atoms in total. The molecule has 0 spiro atoms. The lowest BCUT2D eigenvalue weighted by molar-refractivity contribution is -0.137. The van der Waals surface area contributed by atoms with Gasteiger partial charge in [0.25, 0.3) is 0 Å². The Morgan fingerprint density at radius 2 is 2.05 bits per heavy atom. The highest BCUT2D eigenvalue weighted by molar-refractivity contribution is 9.10. The number of nitrogens with one attached hydrogen (secondary N) is 1. The molecule has 0 aliphatic rings. The number of halogens is 4. The number of alkyl halides is 3. The van der Waals surface area contributed by atoms with Crippen LogP contribution in [0.2, 0.25) is 0 Å². The first-order chi connectivity index (χ1) is 9.38. The van der Waals surface area contributed by atoms with Crippen LogP contribution in [0.3, 0.4) is 0 Å². The minimum Gasteiger partial charge on any atom is -0.379 e. The number of hydrogen-bond acceptors (Lipinski definition) is 3. The third kappa shape index (κ3) is 3.96. The Labute approximate surface area is 127 Å². The van der Waals surface area contributed by atoms with Crippen LogP contribution in [0.5, 0.6) is 0 Å². The van der Waals surface area contributed by atoms with Crippen LogP contribution >= 0.6 is 27.3 Å². The van der Waals surface area contributed by atoms with E-state index >= 15 is 0 Å². The van der Waals surface area contributed by atoms with Crippen molar-refractivity contribution in [2.75, 3.05) is 5.32 Å². The summed E-state index contributed by atoms with van der Waals surface area (Å²) >= 11 is 4.65. The van der Waals surface area contributed by atoms with Crippen LogP contribution in [0.15, 0.2) is 28.1 Å². The van der Waals surface area contributed by atoms with Gasteiger partial charge in [0.2, 0.25) is 0 Å². The van der Waals surface area contributed by atoms with Crippen molar-refractivity contribution in [3.8, 4) is 0 Å². The Kier molecular flexibility index (Phi) is 4.70. The normalized spacial score (nSPS) is 11.7. The van der Waals surface area contributed by atoms with Crippen LogP contribution in [0.1, 0.15) is 23.2 Å². The second-order valence-corrected chi connectivity index (χ2v) is 6.02. The summed E-state index contributed by atoms with van der Waals surface area (Å²) in [4.78, 5) is 4.36. The van der Waals surface area contributed by atoms with Gasteiger partial charge in [-0.2, -0.15) is 13.2 Å². The molecule has 0 aliphatic carbocycles. The molecule has 0 saturated heterocycles. The van der Waals surface area contributed by atoms with E-state index in [0.29, 0.717) is 16.7 Å². The minimum atomic E-state index is -4.35. The second kappa shape index (κ2) is 6.13. The van der Waals surface area contributed by atoms with Gasteiger partial charge in [0, 0.05) is 15.5 Å². The van der Waals surface area contributed by atoms with Gasteiger partial charge in [0.1, 0.15) is 0 Å². The zero-order valence-corrected chi connectivity index (χ0v) is 13.0. The van der Waals surface area contributed by atoms with E-state index in [9.17, 15) is 13.2 Å². The predicted molar refractivity (Wildman–Crippen MR) is 78.0 cm³/mol. The molecule has 0 atom stereocenters. The first kappa shape index (κ1) is 15.3. The van der Waals surface area contributed by atoms with Crippen molar-refractivity contribution in [2.45, 2.75) is 26.1 Å². The fourth-order valence-corrected chi connectivity index (χ4v) is 2.88.